The molecular formula is C19H34N2O5. The van der Waals surface area contributed by atoms with E-state index in [1.165, 1.54) is 55.5 Å². The minimum absolute atomic E-state index is 0.302. The van der Waals surface area contributed by atoms with Gasteiger partial charge in [0.05, 0.1) is 19.8 Å². The summed E-state index contributed by atoms with van der Waals surface area (Å²) in [6.07, 6.45) is 11.3. The third-order valence-electron chi connectivity index (χ3n) is 4.43. The van der Waals surface area contributed by atoms with Crippen molar-refractivity contribution in [3.63, 3.8) is 0 Å². The maximum absolute atomic E-state index is 12.5. The number of hydrogen-bond donors (Lipinski definition) is 3. The highest BCUT2D eigenvalue weighted by molar-refractivity contribution is 4.99. The molecule has 1 aromatic heterocycles. The minimum atomic E-state index is -0.952. The van der Waals surface area contributed by atoms with Crippen molar-refractivity contribution in [1.29, 1.82) is 0 Å². The van der Waals surface area contributed by atoms with Crippen LogP contribution in [0.3, 0.4) is 0 Å². The molecule has 0 aromatic carbocycles. The van der Waals surface area contributed by atoms with Crippen molar-refractivity contribution < 1.29 is 20.1 Å². The summed E-state index contributed by atoms with van der Waals surface area (Å²) in [5.41, 5.74) is 0.147. The fourth-order valence-corrected chi connectivity index (χ4v) is 2.85. The molecule has 0 aliphatic carbocycles. The smallest absolute Gasteiger partial charge is 0.274 e. The van der Waals surface area contributed by atoms with Gasteiger partial charge in [0.1, 0.15) is 11.8 Å². The van der Waals surface area contributed by atoms with E-state index in [1.807, 2.05) is 0 Å². The zero-order valence-corrected chi connectivity index (χ0v) is 15.8. The van der Waals surface area contributed by atoms with Crippen molar-refractivity contribution >= 4 is 0 Å². The van der Waals surface area contributed by atoms with E-state index in [0.717, 1.165) is 12.8 Å². The number of rotatable bonds is 15. The standard InChI is InChI=1S/C19H34N2O5/c1-2-3-4-5-6-7-8-9-10-17-19(25)21(12-11-20-17)18(15-24)26-16(13-22)14-23/h11-12,16,18,22-24H,2-10,13-15H2,1H3. The van der Waals surface area contributed by atoms with Gasteiger partial charge < -0.3 is 20.1 Å². The lowest BCUT2D eigenvalue weighted by Crippen LogP contribution is -2.35. The Bertz CT molecular complexity index is 531. The first-order chi connectivity index (χ1) is 12.7. The molecule has 1 heterocycles. The number of aryl methyl sites for hydroxylation is 1. The number of aromatic nitrogens is 2. The molecule has 3 N–H and O–H groups in total. The molecule has 0 aliphatic rings. The average Bonchev–Trinajstić information content (AvgIpc) is 2.66. The molecule has 0 saturated heterocycles. The molecule has 1 rings (SSSR count). The lowest BCUT2D eigenvalue weighted by atomic mass is 10.1. The first-order valence-corrected chi connectivity index (χ1v) is 9.71. The summed E-state index contributed by atoms with van der Waals surface area (Å²) in [4.78, 5) is 16.7. The van der Waals surface area contributed by atoms with Gasteiger partial charge in [0.15, 0.2) is 6.23 Å². The van der Waals surface area contributed by atoms with Crippen LogP contribution in [0.15, 0.2) is 17.2 Å². The summed E-state index contributed by atoms with van der Waals surface area (Å²) in [6.45, 7) is 0.993. The van der Waals surface area contributed by atoms with E-state index in [4.69, 9.17) is 14.9 Å². The lowest BCUT2D eigenvalue weighted by molar-refractivity contribution is -0.113. The summed E-state index contributed by atoms with van der Waals surface area (Å²) >= 11 is 0. The molecule has 7 nitrogen and oxygen atoms in total. The van der Waals surface area contributed by atoms with Gasteiger partial charge in [0.2, 0.25) is 0 Å². The molecule has 7 heteroatoms. The van der Waals surface area contributed by atoms with Gasteiger partial charge in [-0.15, -0.1) is 0 Å². The SMILES string of the molecule is CCCCCCCCCCc1nccn(C(CO)OC(CO)CO)c1=O. The molecule has 1 atom stereocenters. The Morgan fingerprint density at radius 1 is 1.00 bits per heavy atom. The van der Waals surface area contributed by atoms with Crippen molar-refractivity contribution in [3.05, 3.63) is 28.4 Å². The van der Waals surface area contributed by atoms with Crippen LogP contribution in [0.4, 0.5) is 0 Å². The van der Waals surface area contributed by atoms with E-state index in [1.54, 1.807) is 0 Å². The molecule has 1 unspecified atom stereocenters. The predicted molar refractivity (Wildman–Crippen MR) is 100.0 cm³/mol. The van der Waals surface area contributed by atoms with Crippen molar-refractivity contribution in [2.24, 2.45) is 0 Å². The first-order valence-electron chi connectivity index (χ1n) is 9.71. The molecule has 0 aliphatic heterocycles. The van der Waals surface area contributed by atoms with Gasteiger partial charge in [-0.2, -0.15) is 0 Å². The van der Waals surface area contributed by atoms with Crippen molar-refractivity contribution in [2.75, 3.05) is 19.8 Å². The van der Waals surface area contributed by atoms with Crippen LogP contribution >= 0.6 is 0 Å². The molecular weight excluding hydrogens is 336 g/mol. The molecule has 1 aromatic rings. The molecule has 26 heavy (non-hydrogen) atoms. The Morgan fingerprint density at radius 3 is 2.19 bits per heavy atom. The summed E-state index contributed by atoms with van der Waals surface area (Å²) in [5, 5.41) is 27.7. The molecule has 0 amide bonds. The van der Waals surface area contributed by atoms with Crippen LogP contribution in [0.5, 0.6) is 0 Å². The van der Waals surface area contributed by atoms with E-state index >= 15 is 0 Å². The molecule has 0 bridgehead atoms. The summed E-state index contributed by atoms with van der Waals surface area (Å²) in [5.74, 6) is 0. The molecule has 0 spiro atoms. The van der Waals surface area contributed by atoms with E-state index < -0.39 is 32.2 Å². The largest absolute Gasteiger partial charge is 0.394 e. The molecule has 0 fully saturated rings. The third-order valence-corrected chi connectivity index (χ3v) is 4.43. The molecule has 0 radical (unpaired) electrons. The number of unbranched alkanes of at least 4 members (excludes halogenated alkanes) is 7. The number of ether oxygens (including phenoxy) is 1. The Kier molecular flexibility index (Phi) is 12.1. The van der Waals surface area contributed by atoms with Crippen molar-refractivity contribution in [1.82, 2.24) is 9.55 Å². The quantitative estimate of drug-likeness (QED) is 0.407. The monoisotopic (exact) mass is 370 g/mol. The van der Waals surface area contributed by atoms with E-state index in [0.29, 0.717) is 12.1 Å². The Labute approximate surface area is 155 Å². The highest BCUT2D eigenvalue weighted by atomic mass is 16.5. The lowest BCUT2D eigenvalue weighted by Gasteiger charge is -2.22. The van der Waals surface area contributed by atoms with Gasteiger partial charge in [-0.1, -0.05) is 51.9 Å². The van der Waals surface area contributed by atoms with E-state index in [2.05, 4.69) is 11.9 Å². The summed E-state index contributed by atoms with van der Waals surface area (Å²) in [7, 11) is 0. The van der Waals surface area contributed by atoms with Crippen molar-refractivity contribution in [2.45, 2.75) is 77.0 Å². The molecule has 0 saturated carbocycles. The second-order valence-electron chi connectivity index (χ2n) is 6.57. The van der Waals surface area contributed by atoms with Gasteiger partial charge >= 0.3 is 0 Å². The van der Waals surface area contributed by atoms with Gasteiger partial charge in [-0.3, -0.25) is 14.3 Å². The summed E-state index contributed by atoms with van der Waals surface area (Å²) < 4.78 is 6.66. The van der Waals surface area contributed by atoms with Gasteiger partial charge in [0, 0.05) is 12.4 Å². The van der Waals surface area contributed by atoms with Crippen LogP contribution < -0.4 is 5.56 Å². The van der Waals surface area contributed by atoms with E-state index in [-0.39, 0.29) is 5.56 Å². The van der Waals surface area contributed by atoms with Crippen LogP contribution in [0.1, 0.15) is 70.2 Å². The second-order valence-corrected chi connectivity index (χ2v) is 6.57. The Morgan fingerprint density at radius 2 is 1.62 bits per heavy atom. The topological polar surface area (TPSA) is 105 Å². The van der Waals surface area contributed by atoms with Gasteiger partial charge in [-0.05, 0) is 12.8 Å². The van der Waals surface area contributed by atoms with Crippen LogP contribution in [-0.4, -0.2) is 50.8 Å². The maximum atomic E-state index is 12.5. The number of aliphatic hydroxyl groups excluding tert-OH is 3. The Hall–Kier alpha value is -1.28. The minimum Gasteiger partial charge on any atom is -0.394 e. The van der Waals surface area contributed by atoms with E-state index in [9.17, 15) is 9.90 Å². The predicted octanol–water partition coefficient (Wildman–Crippen LogP) is 1.79. The normalized spacial score (nSPS) is 12.7. The second kappa shape index (κ2) is 13.9. The number of hydrogen-bond acceptors (Lipinski definition) is 6. The van der Waals surface area contributed by atoms with Gasteiger partial charge in [0.25, 0.3) is 5.56 Å². The fraction of sp³-hybridized carbons (Fsp3) is 0.789. The zero-order chi connectivity index (χ0) is 19.2. The highest BCUT2D eigenvalue weighted by Crippen LogP contribution is 2.11. The average molecular weight is 370 g/mol. The van der Waals surface area contributed by atoms with Crippen LogP contribution in [0.2, 0.25) is 0 Å². The zero-order valence-electron chi connectivity index (χ0n) is 15.8. The highest BCUT2D eigenvalue weighted by Gasteiger charge is 2.18. The summed E-state index contributed by atoms with van der Waals surface area (Å²) in [6, 6.07) is 0. The van der Waals surface area contributed by atoms with Crippen molar-refractivity contribution in [3.8, 4) is 0 Å². The maximum Gasteiger partial charge on any atom is 0.274 e. The van der Waals surface area contributed by atoms with Gasteiger partial charge in [-0.25, -0.2) is 0 Å². The third kappa shape index (κ3) is 7.95. The number of aliphatic hydroxyl groups is 3. The van der Waals surface area contributed by atoms with Crippen LogP contribution in [0.25, 0.3) is 0 Å². The number of nitrogens with zero attached hydrogens (tertiary/aromatic N) is 2. The Balaban J connectivity index is 2.53. The van der Waals surface area contributed by atoms with Crippen LogP contribution in [0, 0.1) is 0 Å². The fourth-order valence-electron chi connectivity index (χ4n) is 2.85. The first kappa shape index (κ1) is 22.8. The molecule has 150 valence electrons. The van der Waals surface area contributed by atoms with Crippen LogP contribution in [-0.2, 0) is 11.2 Å².